The van der Waals surface area contributed by atoms with Gasteiger partial charge in [0.15, 0.2) is 5.76 Å². The van der Waals surface area contributed by atoms with Crippen LogP contribution >= 0.6 is 0 Å². The number of benzene rings is 3. The predicted octanol–water partition coefficient (Wildman–Crippen LogP) is 4.53. The second-order valence-electron chi connectivity index (χ2n) is 6.64. The minimum atomic E-state index is -0.710. The molecule has 6 heteroatoms. The lowest BCUT2D eigenvalue weighted by Gasteiger charge is -2.19. The first-order chi connectivity index (χ1) is 13.6. The number of nitrogens with zero attached hydrogens (tertiary/aromatic N) is 2. The van der Waals surface area contributed by atoms with Crippen LogP contribution < -0.4 is 0 Å². The van der Waals surface area contributed by atoms with Gasteiger partial charge in [-0.2, -0.15) is 5.01 Å². The molecule has 3 aromatic carbocycles. The van der Waals surface area contributed by atoms with Crippen LogP contribution in [0, 0.1) is 0 Å². The van der Waals surface area contributed by atoms with Crippen LogP contribution in [0.1, 0.15) is 24.5 Å². The van der Waals surface area contributed by atoms with Crippen LogP contribution in [0.4, 0.5) is 0 Å². The van der Waals surface area contributed by atoms with Crippen LogP contribution in [0.15, 0.2) is 76.2 Å². The van der Waals surface area contributed by atoms with Gasteiger partial charge in [0.05, 0.1) is 0 Å². The Morgan fingerprint density at radius 1 is 1.04 bits per heavy atom. The van der Waals surface area contributed by atoms with E-state index in [9.17, 15) is 9.90 Å². The van der Waals surface area contributed by atoms with Crippen molar-refractivity contribution in [1.82, 2.24) is 5.01 Å². The van der Waals surface area contributed by atoms with Gasteiger partial charge in [-0.1, -0.05) is 30.3 Å². The van der Waals surface area contributed by atoms with E-state index in [0.717, 1.165) is 21.7 Å². The first-order valence-electron chi connectivity index (χ1n) is 8.86. The highest BCUT2D eigenvalue weighted by molar-refractivity contribution is 6.08. The Balaban J connectivity index is 1.57. The van der Waals surface area contributed by atoms with E-state index >= 15 is 0 Å². The van der Waals surface area contributed by atoms with Gasteiger partial charge >= 0.3 is 0 Å². The molecule has 138 valence electrons. The highest BCUT2D eigenvalue weighted by atomic mass is 16.5. The van der Waals surface area contributed by atoms with Gasteiger partial charge < -0.3 is 14.3 Å². The molecular weight excluding hydrogens is 356 g/mol. The fraction of sp³-hybridized carbons (Fsp3) is 0.0909. The zero-order valence-corrected chi connectivity index (χ0v) is 15.0. The monoisotopic (exact) mass is 372 g/mol. The molecule has 1 N–H and O–H groups in total. The van der Waals surface area contributed by atoms with Crippen molar-refractivity contribution in [2.75, 3.05) is 0 Å². The Morgan fingerprint density at radius 2 is 1.82 bits per heavy atom. The van der Waals surface area contributed by atoms with Crippen LogP contribution in [-0.2, 0) is 9.53 Å². The summed E-state index contributed by atoms with van der Waals surface area (Å²) in [4.78, 5) is 12.1. The predicted molar refractivity (Wildman–Crippen MR) is 105 cm³/mol. The number of furan rings is 1. The summed E-state index contributed by atoms with van der Waals surface area (Å²) in [5.74, 6) is 0.587. The molecule has 0 saturated carbocycles. The number of hydrogen-bond acceptors (Lipinski definition) is 5. The number of fused-ring (bicyclic) bond motifs is 3. The summed E-state index contributed by atoms with van der Waals surface area (Å²) in [6.07, 6.45) is -0.710. The van der Waals surface area contributed by atoms with Crippen LogP contribution in [0.5, 0.6) is 5.75 Å². The van der Waals surface area contributed by atoms with Gasteiger partial charge in [0.2, 0.25) is 12.1 Å². The van der Waals surface area contributed by atoms with E-state index < -0.39 is 6.23 Å². The first kappa shape index (κ1) is 16.4. The molecule has 1 atom stereocenters. The number of phenols is 1. The number of rotatable bonds is 2. The van der Waals surface area contributed by atoms with Gasteiger partial charge in [-0.25, -0.2) is 0 Å². The minimum Gasteiger partial charge on any atom is -0.508 e. The van der Waals surface area contributed by atoms with E-state index in [4.69, 9.17) is 9.15 Å². The average molecular weight is 372 g/mol. The maximum absolute atomic E-state index is 12.1. The average Bonchev–Trinajstić information content (AvgIpc) is 3.33. The normalized spacial score (nSPS) is 16.4. The third-order valence-corrected chi connectivity index (χ3v) is 4.78. The number of carbonyl (C=O) groups is 1. The van der Waals surface area contributed by atoms with E-state index in [1.54, 1.807) is 24.3 Å². The van der Waals surface area contributed by atoms with Gasteiger partial charge in [0.1, 0.15) is 11.3 Å². The Labute approximate surface area is 160 Å². The number of carbonyl (C=O) groups excluding carboxylic acids is 1. The molecule has 5 rings (SSSR count). The Bertz CT molecular complexity index is 1240. The van der Waals surface area contributed by atoms with Gasteiger partial charge in [-0.05, 0) is 47.2 Å². The maximum Gasteiger partial charge on any atom is 0.277 e. The minimum absolute atomic E-state index is 0.140. The molecule has 0 aliphatic carbocycles. The van der Waals surface area contributed by atoms with Crippen molar-refractivity contribution in [3.05, 3.63) is 78.1 Å². The Morgan fingerprint density at radius 3 is 2.61 bits per heavy atom. The zero-order chi connectivity index (χ0) is 19.3. The van der Waals surface area contributed by atoms with Crippen molar-refractivity contribution < 1.29 is 19.1 Å². The number of ether oxygens (including phenoxy) is 1. The third-order valence-electron chi connectivity index (χ3n) is 4.78. The fourth-order valence-electron chi connectivity index (χ4n) is 3.42. The largest absolute Gasteiger partial charge is 0.508 e. The molecule has 0 spiro atoms. The van der Waals surface area contributed by atoms with Crippen molar-refractivity contribution in [3.63, 3.8) is 0 Å². The van der Waals surface area contributed by atoms with Crippen LogP contribution in [0.3, 0.4) is 0 Å². The lowest BCUT2D eigenvalue weighted by Crippen LogP contribution is -2.25. The van der Waals surface area contributed by atoms with Crippen LogP contribution in [-0.4, -0.2) is 21.9 Å². The van der Waals surface area contributed by atoms with Gasteiger partial charge in [-0.3, -0.25) is 4.79 Å². The quantitative estimate of drug-likeness (QED) is 0.561. The molecule has 6 nitrogen and oxygen atoms in total. The van der Waals surface area contributed by atoms with Crippen LogP contribution in [0.25, 0.3) is 21.7 Å². The lowest BCUT2D eigenvalue weighted by atomic mass is 10.1. The van der Waals surface area contributed by atoms with Crippen molar-refractivity contribution in [1.29, 1.82) is 0 Å². The summed E-state index contributed by atoms with van der Waals surface area (Å²) in [6, 6.07) is 20.3. The van der Waals surface area contributed by atoms with Crippen molar-refractivity contribution in [2.24, 2.45) is 5.10 Å². The molecule has 0 radical (unpaired) electrons. The number of amides is 1. The molecule has 0 fully saturated rings. The molecule has 1 amide bonds. The molecule has 0 bridgehead atoms. The molecule has 28 heavy (non-hydrogen) atoms. The van der Waals surface area contributed by atoms with E-state index in [1.165, 1.54) is 11.9 Å². The smallest absolute Gasteiger partial charge is 0.277 e. The summed E-state index contributed by atoms with van der Waals surface area (Å²) in [5.41, 5.74) is 1.43. The van der Waals surface area contributed by atoms with Crippen molar-refractivity contribution in [2.45, 2.75) is 13.2 Å². The standard InChI is InChI=1S/C22H16N2O4/c1-13(25)24-22(15-6-9-16(26)10-7-15)28-21(23-24)20-12-18-17-5-3-2-4-14(17)8-11-19(18)27-20/h2-12,22,26H,1H3. The summed E-state index contributed by atoms with van der Waals surface area (Å²) >= 11 is 0. The van der Waals surface area contributed by atoms with Crippen molar-refractivity contribution in [3.8, 4) is 5.75 Å². The van der Waals surface area contributed by atoms with Crippen molar-refractivity contribution >= 4 is 33.5 Å². The van der Waals surface area contributed by atoms with Gasteiger partial charge in [0, 0.05) is 17.9 Å². The SMILES string of the molecule is CC(=O)N1N=C(c2cc3c(ccc4ccccc43)o2)OC1c1ccc(O)cc1. The second kappa shape index (κ2) is 6.13. The molecule has 1 aliphatic heterocycles. The topological polar surface area (TPSA) is 75.3 Å². The Hall–Kier alpha value is -3.80. The van der Waals surface area contributed by atoms with E-state index in [2.05, 4.69) is 5.10 Å². The molecule has 2 heterocycles. The van der Waals surface area contributed by atoms with Gasteiger partial charge in [0.25, 0.3) is 5.90 Å². The number of hydrogen-bond donors (Lipinski definition) is 1. The molecule has 1 unspecified atom stereocenters. The van der Waals surface area contributed by atoms with Crippen LogP contribution in [0.2, 0.25) is 0 Å². The molecule has 1 aromatic heterocycles. The first-order valence-corrected chi connectivity index (χ1v) is 8.86. The highest BCUT2D eigenvalue weighted by Gasteiger charge is 2.34. The Kier molecular flexibility index (Phi) is 3.58. The van der Waals surface area contributed by atoms with Gasteiger partial charge in [-0.15, -0.1) is 5.10 Å². The maximum atomic E-state index is 12.1. The lowest BCUT2D eigenvalue weighted by molar-refractivity contribution is -0.135. The summed E-state index contributed by atoms with van der Waals surface area (Å²) in [6.45, 7) is 1.43. The summed E-state index contributed by atoms with van der Waals surface area (Å²) in [7, 11) is 0. The molecule has 4 aromatic rings. The van der Waals surface area contributed by atoms with E-state index in [1.807, 2.05) is 42.5 Å². The molecular formula is C22H16N2O4. The van der Waals surface area contributed by atoms with E-state index in [0.29, 0.717) is 11.3 Å². The highest BCUT2D eigenvalue weighted by Crippen LogP contribution is 2.34. The number of phenolic OH excluding ortho intramolecular Hbond substituents is 1. The summed E-state index contributed by atoms with van der Waals surface area (Å²) < 4.78 is 11.9. The molecule has 0 saturated heterocycles. The fourth-order valence-corrected chi connectivity index (χ4v) is 3.42. The number of aromatic hydroxyl groups is 1. The number of hydrazone groups is 1. The molecule has 1 aliphatic rings. The summed E-state index contributed by atoms with van der Waals surface area (Å²) in [5, 5.41) is 18.3. The van der Waals surface area contributed by atoms with E-state index in [-0.39, 0.29) is 17.6 Å². The zero-order valence-electron chi connectivity index (χ0n) is 15.0. The third kappa shape index (κ3) is 2.58. The second-order valence-corrected chi connectivity index (χ2v) is 6.64.